The van der Waals surface area contributed by atoms with Gasteiger partial charge < -0.3 is 5.32 Å². The second kappa shape index (κ2) is 3.96. The van der Waals surface area contributed by atoms with E-state index in [0.29, 0.717) is 11.4 Å². The highest BCUT2D eigenvalue weighted by Gasteiger charge is 2.05. The molecule has 2 N–H and O–H groups in total. The van der Waals surface area contributed by atoms with Crippen LogP contribution in [-0.2, 0) is 0 Å². The van der Waals surface area contributed by atoms with Crippen molar-refractivity contribution in [3.63, 3.8) is 0 Å². The van der Waals surface area contributed by atoms with E-state index in [0.717, 1.165) is 5.56 Å². The molecule has 0 fully saturated rings. The summed E-state index contributed by atoms with van der Waals surface area (Å²) >= 11 is 0. The Bertz CT molecular complexity index is 445. The molecule has 0 aliphatic carbocycles. The summed E-state index contributed by atoms with van der Waals surface area (Å²) in [5.74, 6) is 0.377. The normalized spacial score (nSPS) is 9.93. The van der Waals surface area contributed by atoms with Gasteiger partial charge in [-0.3, -0.25) is 9.89 Å². The molecule has 0 atom stereocenters. The molecule has 1 amide bonds. The Kier molecular flexibility index (Phi) is 2.49. The largest absolute Gasteiger partial charge is 0.305 e. The van der Waals surface area contributed by atoms with E-state index in [1.54, 1.807) is 24.4 Å². The molecule has 0 saturated heterocycles. The SMILES string of the molecule is Cc1ccc(C(=O)Nc2cc[nH]n2)cc1. The summed E-state index contributed by atoms with van der Waals surface area (Å²) in [5, 5.41) is 9.15. The number of nitrogens with zero attached hydrogens (tertiary/aromatic N) is 1. The van der Waals surface area contributed by atoms with Gasteiger partial charge in [0.2, 0.25) is 0 Å². The Hall–Kier alpha value is -2.10. The van der Waals surface area contributed by atoms with Crippen LogP contribution in [0, 0.1) is 6.92 Å². The van der Waals surface area contributed by atoms with Gasteiger partial charge in [0.05, 0.1) is 0 Å². The third kappa shape index (κ3) is 2.22. The van der Waals surface area contributed by atoms with E-state index in [4.69, 9.17) is 0 Å². The van der Waals surface area contributed by atoms with Gasteiger partial charge in [0, 0.05) is 17.8 Å². The number of aryl methyl sites for hydroxylation is 1. The van der Waals surface area contributed by atoms with Crippen molar-refractivity contribution in [1.29, 1.82) is 0 Å². The lowest BCUT2D eigenvalue weighted by Crippen LogP contribution is -2.11. The predicted octanol–water partition coefficient (Wildman–Crippen LogP) is 1.97. The maximum absolute atomic E-state index is 11.7. The Balaban J connectivity index is 2.11. The van der Waals surface area contributed by atoms with Crippen molar-refractivity contribution in [2.45, 2.75) is 6.92 Å². The number of amides is 1. The fraction of sp³-hybridized carbons (Fsp3) is 0.0909. The van der Waals surface area contributed by atoms with Crippen molar-refractivity contribution in [3.05, 3.63) is 47.7 Å². The molecular formula is C11H11N3O. The van der Waals surface area contributed by atoms with Crippen LogP contribution in [0.25, 0.3) is 0 Å². The lowest BCUT2D eigenvalue weighted by atomic mass is 10.1. The van der Waals surface area contributed by atoms with E-state index < -0.39 is 0 Å². The van der Waals surface area contributed by atoms with Crippen LogP contribution in [0.5, 0.6) is 0 Å². The van der Waals surface area contributed by atoms with E-state index in [1.807, 2.05) is 19.1 Å². The highest BCUT2D eigenvalue weighted by Crippen LogP contribution is 2.06. The molecule has 1 heterocycles. The fourth-order valence-electron chi connectivity index (χ4n) is 1.22. The molecule has 76 valence electrons. The number of nitrogens with one attached hydrogen (secondary N) is 2. The molecule has 0 spiro atoms. The maximum atomic E-state index is 11.7. The maximum Gasteiger partial charge on any atom is 0.256 e. The molecule has 0 saturated carbocycles. The van der Waals surface area contributed by atoms with Crippen molar-refractivity contribution >= 4 is 11.7 Å². The van der Waals surface area contributed by atoms with Gasteiger partial charge in [0.1, 0.15) is 0 Å². The topological polar surface area (TPSA) is 57.8 Å². The van der Waals surface area contributed by atoms with Gasteiger partial charge in [-0.25, -0.2) is 0 Å². The first kappa shape index (κ1) is 9.45. The molecule has 0 unspecified atom stereocenters. The van der Waals surface area contributed by atoms with E-state index in [2.05, 4.69) is 15.5 Å². The average molecular weight is 201 g/mol. The van der Waals surface area contributed by atoms with E-state index >= 15 is 0 Å². The standard InChI is InChI=1S/C11H11N3O/c1-8-2-4-9(5-3-8)11(15)13-10-6-7-12-14-10/h2-7H,1H3,(H2,12,13,14,15). The number of rotatable bonds is 2. The second-order valence-electron chi connectivity index (χ2n) is 3.28. The molecule has 1 aromatic carbocycles. The molecule has 4 nitrogen and oxygen atoms in total. The number of hydrogen-bond acceptors (Lipinski definition) is 2. The number of aromatic nitrogens is 2. The van der Waals surface area contributed by atoms with Gasteiger partial charge in [-0.15, -0.1) is 0 Å². The zero-order valence-electron chi connectivity index (χ0n) is 8.32. The molecular weight excluding hydrogens is 190 g/mol. The summed E-state index contributed by atoms with van der Waals surface area (Å²) in [5.41, 5.74) is 1.76. The van der Waals surface area contributed by atoms with Gasteiger partial charge in [-0.1, -0.05) is 17.7 Å². The van der Waals surface area contributed by atoms with Crippen LogP contribution in [0.1, 0.15) is 15.9 Å². The van der Waals surface area contributed by atoms with Crippen LogP contribution in [0.15, 0.2) is 36.5 Å². The molecule has 1 aromatic heterocycles. The van der Waals surface area contributed by atoms with Crippen molar-refractivity contribution in [2.75, 3.05) is 5.32 Å². The first-order valence-corrected chi connectivity index (χ1v) is 4.63. The van der Waals surface area contributed by atoms with Crippen molar-refractivity contribution in [2.24, 2.45) is 0 Å². The van der Waals surface area contributed by atoms with E-state index in [-0.39, 0.29) is 5.91 Å². The molecule has 4 heteroatoms. The Morgan fingerprint density at radius 1 is 1.27 bits per heavy atom. The van der Waals surface area contributed by atoms with Crippen molar-refractivity contribution in [3.8, 4) is 0 Å². The summed E-state index contributed by atoms with van der Waals surface area (Å²) in [6.45, 7) is 1.98. The lowest BCUT2D eigenvalue weighted by Gasteiger charge is -2.01. The number of anilines is 1. The van der Waals surface area contributed by atoms with Gasteiger partial charge in [-0.2, -0.15) is 5.10 Å². The highest BCUT2D eigenvalue weighted by atomic mass is 16.1. The minimum absolute atomic E-state index is 0.151. The summed E-state index contributed by atoms with van der Waals surface area (Å²) in [6, 6.07) is 9.08. The Morgan fingerprint density at radius 2 is 2.00 bits per heavy atom. The van der Waals surface area contributed by atoms with Crippen LogP contribution in [-0.4, -0.2) is 16.1 Å². The molecule has 0 aliphatic heterocycles. The zero-order valence-corrected chi connectivity index (χ0v) is 8.32. The lowest BCUT2D eigenvalue weighted by molar-refractivity contribution is 0.102. The number of H-pyrrole nitrogens is 1. The molecule has 0 bridgehead atoms. The fourth-order valence-corrected chi connectivity index (χ4v) is 1.22. The highest BCUT2D eigenvalue weighted by molar-refractivity contribution is 6.03. The third-order valence-corrected chi connectivity index (χ3v) is 2.06. The minimum atomic E-state index is -0.151. The van der Waals surface area contributed by atoms with Crippen molar-refractivity contribution < 1.29 is 4.79 Å². The quantitative estimate of drug-likeness (QED) is 0.780. The molecule has 0 radical (unpaired) electrons. The molecule has 15 heavy (non-hydrogen) atoms. The molecule has 2 rings (SSSR count). The molecule has 2 aromatic rings. The smallest absolute Gasteiger partial charge is 0.256 e. The zero-order chi connectivity index (χ0) is 10.7. The van der Waals surface area contributed by atoms with Crippen LogP contribution < -0.4 is 5.32 Å². The Labute approximate surface area is 87.3 Å². The summed E-state index contributed by atoms with van der Waals surface area (Å²) in [7, 11) is 0. The van der Waals surface area contributed by atoms with Crippen molar-refractivity contribution in [1.82, 2.24) is 10.2 Å². The first-order chi connectivity index (χ1) is 7.25. The predicted molar refractivity (Wildman–Crippen MR) is 57.7 cm³/mol. The summed E-state index contributed by atoms with van der Waals surface area (Å²) in [4.78, 5) is 11.7. The first-order valence-electron chi connectivity index (χ1n) is 4.63. The van der Waals surface area contributed by atoms with Gasteiger partial charge >= 0.3 is 0 Å². The number of carbonyl (C=O) groups is 1. The summed E-state index contributed by atoms with van der Waals surface area (Å²) in [6.07, 6.45) is 1.66. The van der Waals surface area contributed by atoms with Crippen LogP contribution >= 0.6 is 0 Å². The van der Waals surface area contributed by atoms with Gasteiger partial charge in [0.25, 0.3) is 5.91 Å². The molecule has 0 aliphatic rings. The number of aromatic amines is 1. The monoisotopic (exact) mass is 201 g/mol. The summed E-state index contributed by atoms with van der Waals surface area (Å²) < 4.78 is 0. The van der Waals surface area contributed by atoms with Crippen LogP contribution in [0.2, 0.25) is 0 Å². The number of benzene rings is 1. The van der Waals surface area contributed by atoms with E-state index in [9.17, 15) is 4.79 Å². The van der Waals surface area contributed by atoms with Gasteiger partial charge in [-0.05, 0) is 19.1 Å². The Morgan fingerprint density at radius 3 is 2.60 bits per heavy atom. The van der Waals surface area contributed by atoms with Gasteiger partial charge in [0.15, 0.2) is 5.82 Å². The van der Waals surface area contributed by atoms with Crippen LogP contribution in [0.3, 0.4) is 0 Å². The second-order valence-corrected chi connectivity index (χ2v) is 3.28. The van der Waals surface area contributed by atoms with E-state index in [1.165, 1.54) is 0 Å². The number of hydrogen-bond donors (Lipinski definition) is 2. The third-order valence-electron chi connectivity index (χ3n) is 2.06. The minimum Gasteiger partial charge on any atom is -0.305 e. The number of carbonyl (C=O) groups excluding carboxylic acids is 1. The average Bonchev–Trinajstić information content (AvgIpc) is 2.71. The van der Waals surface area contributed by atoms with Crippen LogP contribution in [0.4, 0.5) is 5.82 Å².